The lowest BCUT2D eigenvalue weighted by atomic mass is 10.2. The van der Waals surface area contributed by atoms with Gasteiger partial charge in [-0.05, 0) is 37.6 Å². The van der Waals surface area contributed by atoms with E-state index in [-0.39, 0.29) is 0 Å². The third-order valence-corrected chi connectivity index (χ3v) is 5.48. The number of halogens is 3. The number of pyridine rings is 2. The van der Waals surface area contributed by atoms with E-state index in [1.807, 2.05) is 0 Å². The summed E-state index contributed by atoms with van der Waals surface area (Å²) in [6, 6.07) is 7.34. The number of hydrogen-bond acceptors (Lipinski definition) is 4. The first kappa shape index (κ1) is 17.4. The molecule has 2 rings (SSSR count). The lowest BCUT2D eigenvalue weighted by molar-refractivity contribution is -0.141. The smallest absolute Gasteiger partial charge is 0.251 e. The Labute approximate surface area is 133 Å². The van der Waals surface area contributed by atoms with Gasteiger partial charge in [0.25, 0.3) is 0 Å². The number of hydrogen-bond donors (Lipinski definition) is 0. The third-order valence-electron chi connectivity index (χ3n) is 3.35. The van der Waals surface area contributed by atoms with Gasteiger partial charge in [0.15, 0.2) is 5.82 Å². The summed E-state index contributed by atoms with van der Waals surface area (Å²) in [5, 5.41) is -0.584. The minimum absolute atomic E-state index is 0.337. The van der Waals surface area contributed by atoms with Crippen LogP contribution in [0.25, 0.3) is 0 Å². The maximum absolute atomic E-state index is 12.8. The van der Waals surface area contributed by atoms with E-state index in [4.69, 9.17) is 0 Å². The molecule has 2 aromatic heterocycles. The molecule has 2 unspecified atom stereocenters. The topological polar surface area (TPSA) is 55.2 Å². The molecule has 2 aromatic rings. The van der Waals surface area contributed by atoms with Crippen LogP contribution in [0.4, 0.5) is 19.0 Å². The van der Waals surface area contributed by atoms with E-state index in [0.29, 0.717) is 11.4 Å². The first-order chi connectivity index (χ1) is 10.6. The van der Waals surface area contributed by atoms with E-state index < -0.39 is 26.8 Å². The first-order valence-corrected chi connectivity index (χ1v) is 8.76. The van der Waals surface area contributed by atoms with Crippen molar-refractivity contribution in [3.8, 4) is 0 Å². The number of rotatable bonds is 3. The van der Waals surface area contributed by atoms with Crippen LogP contribution < -0.4 is 0 Å². The van der Waals surface area contributed by atoms with Crippen molar-refractivity contribution in [2.24, 2.45) is 4.36 Å². The normalized spacial score (nSPS) is 15.7. The van der Waals surface area contributed by atoms with Gasteiger partial charge in [0.05, 0.1) is 15.0 Å². The zero-order valence-electron chi connectivity index (χ0n) is 12.8. The van der Waals surface area contributed by atoms with E-state index in [1.54, 1.807) is 32.0 Å². The molecular formula is C15H16F3N3OS. The molecule has 0 radical (unpaired) electrons. The quantitative estimate of drug-likeness (QED) is 0.835. The van der Waals surface area contributed by atoms with Crippen LogP contribution in [0.5, 0.6) is 0 Å². The molecule has 0 aliphatic rings. The van der Waals surface area contributed by atoms with Gasteiger partial charge in [-0.3, -0.25) is 4.98 Å². The molecule has 0 aliphatic carbocycles. The molecule has 0 fully saturated rings. The monoisotopic (exact) mass is 343 g/mol. The Bertz CT molecular complexity index is 809. The molecule has 0 saturated carbocycles. The second-order valence-electron chi connectivity index (χ2n) is 5.21. The molecule has 0 bridgehead atoms. The van der Waals surface area contributed by atoms with Crippen molar-refractivity contribution in [2.75, 3.05) is 6.26 Å². The molecule has 0 amide bonds. The van der Waals surface area contributed by atoms with Crippen molar-refractivity contribution in [2.45, 2.75) is 25.3 Å². The summed E-state index contributed by atoms with van der Waals surface area (Å²) in [7, 11) is -2.74. The van der Waals surface area contributed by atoms with Crippen molar-refractivity contribution in [3.63, 3.8) is 0 Å². The van der Waals surface area contributed by atoms with Gasteiger partial charge in [-0.1, -0.05) is 12.1 Å². The minimum atomic E-state index is -4.49. The second-order valence-corrected chi connectivity index (χ2v) is 7.82. The summed E-state index contributed by atoms with van der Waals surface area (Å²) in [6.45, 7) is 3.44. The minimum Gasteiger partial charge on any atom is -0.251 e. The molecule has 0 N–H and O–H groups in total. The summed E-state index contributed by atoms with van der Waals surface area (Å²) in [4.78, 5) is 7.57. The van der Waals surface area contributed by atoms with Crippen LogP contribution in [-0.4, -0.2) is 20.4 Å². The summed E-state index contributed by atoms with van der Waals surface area (Å²) in [6.07, 6.45) is -1.94. The Balaban J connectivity index is 2.34. The van der Waals surface area contributed by atoms with Crippen molar-refractivity contribution in [3.05, 3.63) is 53.5 Å². The molecule has 0 spiro atoms. The molecule has 0 saturated heterocycles. The number of alkyl halides is 3. The fraction of sp³-hybridized carbons (Fsp3) is 0.333. The number of aromatic nitrogens is 2. The van der Waals surface area contributed by atoms with Crippen molar-refractivity contribution < 1.29 is 17.4 Å². The maximum Gasteiger partial charge on any atom is 0.433 e. The van der Waals surface area contributed by atoms with Crippen molar-refractivity contribution in [1.29, 1.82) is 0 Å². The predicted molar refractivity (Wildman–Crippen MR) is 82.8 cm³/mol. The Hall–Kier alpha value is -1.96. The van der Waals surface area contributed by atoms with Gasteiger partial charge in [-0.25, -0.2) is 9.19 Å². The molecule has 8 heteroatoms. The number of nitrogens with zero attached hydrogens (tertiary/aromatic N) is 3. The van der Waals surface area contributed by atoms with Crippen LogP contribution in [0.3, 0.4) is 0 Å². The van der Waals surface area contributed by atoms with E-state index in [9.17, 15) is 17.4 Å². The van der Waals surface area contributed by atoms with Crippen LogP contribution in [0.1, 0.15) is 29.1 Å². The zero-order valence-corrected chi connectivity index (χ0v) is 13.6. The van der Waals surface area contributed by atoms with Gasteiger partial charge in [0, 0.05) is 18.1 Å². The molecule has 2 atom stereocenters. The fourth-order valence-electron chi connectivity index (χ4n) is 1.91. The van der Waals surface area contributed by atoms with Crippen molar-refractivity contribution >= 4 is 15.5 Å². The highest BCUT2D eigenvalue weighted by Gasteiger charge is 2.32. The molecule has 124 valence electrons. The Morgan fingerprint density at radius 3 is 2.43 bits per heavy atom. The molecule has 0 aliphatic heterocycles. The lowest BCUT2D eigenvalue weighted by Gasteiger charge is -2.15. The second kappa shape index (κ2) is 6.27. The summed E-state index contributed by atoms with van der Waals surface area (Å²) >= 11 is 0. The van der Waals surface area contributed by atoms with Gasteiger partial charge < -0.3 is 0 Å². The Morgan fingerprint density at radius 2 is 1.91 bits per heavy atom. The Kier molecular flexibility index (Phi) is 4.74. The van der Waals surface area contributed by atoms with Gasteiger partial charge in [-0.15, -0.1) is 0 Å². The average molecular weight is 343 g/mol. The highest BCUT2D eigenvalue weighted by Crippen LogP contribution is 2.30. The summed E-state index contributed by atoms with van der Waals surface area (Å²) in [5.41, 5.74) is 0.195. The molecule has 2 heterocycles. The number of aryl methyl sites for hydroxylation is 1. The van der Waals surface area contributed by atoms with Gasteiger partial charge in [0.2, 0.25) is 0 Å². The highest BCUT2D eigenvalue weighted by atomic mass is 32.2. The molecule has 4 nitrogen and oxygen atoms in total. The van der Waals surface area contributed by atoms with Gasteiger partial charge in [0.1, 0.15) is 5.69 Å². The van der Waals surface area contributed by atoms with E-state index >= 15 is 0 Å². The maximum atomic E-state index is 12.8. The largest absolute Gasteiger partial charge is 0.433 e. The van der Waals surface area contributed by atoms with Crippen LogP contribution >= 0.6 is 0 Å². The van der Waals surface area contributed by atoms with Gasteiger partial charge >= 0.3 is 6.18 Å². The molecule has 0 aromatic carbocycles. The van der Waals surface area contributed by atoms with Crippen molar-refractivity contribution in [1.82, 2.24) is 9.97 Å². The van der Waals surface area contributed by atoms with E-state index in [0.717, 1.165) is 18.0 Å². The Morgan fingerprint density at radius 1 is 1.22 bits per heavy atom. The van der Waals surface area contributed by atoms with Crippen LogP contribution in [-0.2, 0) is 15.9 Å². The fourth-order valence-corrected chi connectivity index (χ4v) is 3.19. The molecule has 23 heavy (non-hydrogen) atoms. The first-order valence-electron chi connectivity index (χ1n) is 6.77. The third kappa shape index (κ3) is 4.28. The van der Waals surface area contributed by atoms with Gasteiger partial charge in [-0.2, -0.15) is 17.5 Å². The highest BCUT2D eigenvalue weighted by molar-refractivity contribution is 7.93. The van der Waals surface area contributed by atoms with Crippen LogP contribution in [0, 0.1) is 6.92 Å². The SMILES string of the molecule is Cc1cccc(N=S(C)(=O)C(C)c2ccc(C(F)(F)F)nc2)n1. The summed E-state index contributed by atoms with van der Waals surface area (Å²) in [5.74, 6) is 0.337. The standard InChI is InChI=1S/C15H16F3N3OS/c1-10-5-4-6-14(20-10)21-23(3,22)11(2)12-7-8-13(19-9-12)15(16,17)18/h4-9,11H,1-3H3. The zero-order chi connectivity index (χ0) is 17.3. The van der Waals surface area contributed by atoms with E-state index in [1.165, 1.54) is 12.3 Å². The van der Waals surface area contributed by atoms with Crippen LogP contribution in [0.15, 0.2) is 40.9 Å². The van der Waals surface area contributed by atoms with E-state index in [2.05, 4.69) is 14.3 Å². The lowest BCUT2D eigenvalue weighted by Crippen LogP contribution is -2.11. The average Bonchev–Trinajstić information content (AvgIpc) is 2.45. The summed E-state index contributed by atoms with van der Waals surface area (Å²) < 4.78 is 54.6. The predicted octanol–water partition coefficient (Wildman–Crippen LogP) is 4.29. The molecular weight excluding hydrogens is 327 g/mol. The van der Waals surface area contributed by atoms with Crippen LogP contribution in [0.2, 0.25) is 0 Å².